The molecule has 0 aliphatic rings. The Morgan fingerprint density at radius 3 is 2.21 bits per heavy atom. The molecule has 0 spiro atoms. The quantitative estimate of drug-likeness (QED) is 0.343. The van der Waals surface area contributed by atoms with Crippen molar-refractivity contribution in [1.29, 1.82) is 0 Å². The van der Waals surface area contributed by atoms with Crippen molar-refractivity contribution in [1.82, 2.24) is 10.2 Å². The van der Waals surface area contributed by atoms with Gasteiger partial charge in [0.15, 0.2) is 0 Å². The molecular formula is C29H33ClFN3O4S. The van der Waals surface area contributed by atoms with Crippen LogP contribution in [-0.4, -0.2) is 44.3 Å². The minimum Gasteiger partial charge on any atom is -0.354 e. The third-order valence-electron chi connectivity index (χ3n) is 6.10. The number of aryl methyl sites for hydroxylation is 1. The molecule has 1 N–H and O–H groups in total. The van der Waals surface area contributed by atoms with Crippen LogP contribution in [-0.2, 0) is 26.2 Å². The molecule has 0 bridgehead atoms. The summed E-state index contributed by atoms with van der Waals surface area (Å²) in [5, 5.41) is 3.31. The van der Waals surface area contributed by atoms with Crippen LogP contribution in [0, 0.1) is 18.7 Å². The van der Waals surface area contributed by atoms with Gasteiger partial charge in [0.05, 0.1) is 10.6 Å². The largest absolute Gasteiger partial charge is 0.354 e. The van der Waals surface area contributed by atoms with Crippen LogP contribution in [0.2, 0.25) is 5.02 Å². The van der Waals surface area contributed by atoms with Gasteiger partial charge >= 0.3 is 0 Å². The molecule has 3 rings (SSSR count). The van der Waals surface area contributed by atoms with Crippen molar-refractivity contribution in [3.05, 3.63) is 94.8 Å². The monoisotopic (exact) mass is 573 g/mol. The van der Waals surface area contributed by atoms with Gasteiger partial charge in [-0.1, -0.05) is 55.3 Å². The van der Waals surface area contributed by atoms with Crippen LogP contribution >= 0.6 is 11.6 Å². The van der Waals surface area contributed by atoms with Crippen molar-refractivity contribution in [2.24, 2.45) is 5.92 Å². The lowest BCUT2D eigenvalue weighted by Crippen LogP contribution is -2.51. The molecule has 0 heterocycles. The van der Waals surface area contributed by atoms with Crippen LogP contribution in [0.3, 0.4) is 0 Å². The highest BCUT2D eigenvalue weighted by Crippen LogP contribution is 2.25. The van der Waals surface area contributed by atoms with Crippen LogP contribution < -0.4 is 9.62 Å². The number of sulfonamides is 1. The molecule has 0 saturated carbocycles. The van der Waals surface area contributed by atoms with E-state index >= 15 is 0 Å². The molecule has 10 heteroatoms. The maximum absolute atomic E-state index is 13.8. The molecule has 7 nitrogen and oxygen atoms in total. The Balaban J connectivity index is 2.01. The van der Waals surface area contributed by atoms with Gasteiger partial charge in [-0.25, -0.2) is 12.8 Å². The maximum atomic E-state index is 13.8. The smallest absolute Gasteiger partial charge is 0.264 e. The van der Waals surface area contributed by atoms with Crippen molar-refractivity contribution in [3.63, 3.8) is 0 Å². The van der Waals surface area contributed by atoms with E-state index < -0.39 is 34.3 Å². The summed E-state index contributed by atoms with van der Waals surface area (Å²) in [5.41, 5.74) is 1.85. The summed E-state index contributed by atoms with van der Waals surface area (Å²) in [6.07, 6.45) is 0. The molecule has 0 aliphatic carbocycles. The first-order chi connectivity index (χ1) is 18.4. The van der Waals surface area contributed by atoms with E-state index in [1.165, 1.54) is 4.90 Å². The van der Waals surface area contributed by atoms with Crippen molar-refractivity contribution < 1.29 is 22.4 Å². The number of nitrogens with one attached hydrogen (secondary N) is 1. The first-order valence-electron chi connectivity index (χ1n) is 12.5. The normalized spacial score (nSPS) is 12.2. The number of rotatable bonds is 11. The number of hydrogen-bond donors (Lipinski definition) is 1. The molecule has 0 aliphatic heterocycles. The molecule has 208 valence electrons. The highest BCUT2D eigenvalue weighted by Gasteiger charge is 2.32. The number of halogens is 2. The second kappa shape index (κ2) is 13.1. The Labute approximate surface area is 234 Å². The van der Waals surface area contributed by atoms with Gasteiger partial charge in [-0.2, -0.15) is 0 Å². The molecular weight excluding hydrogens is 541 g/mol. The standard InChI is InChI=1S/C29H33ClFN3O4S/c1-20(2)17-32-29(36)22(4)33(18-23-6-5-7-24(30)16-23)28(35)19-34(26-12-8-21(3)9-13-26)39(37,38)27-14-10-25(31)11-15-27/h5-16,20,22H,17-19H2,1-4H3,(H,32,36)/t22-/m0/s1. The Morgan fingerprint density at radius 1 is 0.974 bits per heavy atom. The molecule has 0 radical (unpaired) electrons. The van der Waals surface area contributed by atoms with Gasteiger partial charge < -0.3 is 10.2 Å². The van der Waals surface area contributed by atoms with Crippen molar-refractivity contribution >= 4 is 39.1 Å². The average Bonchev–Trinajstić information content (AvgIpc) is 2.89. The highest BCUT2D eigenvalue weighted by atomic mass is 35.5. The Morgan fingerprint density at radius 2 is 1.62 bits per heavy atom. The third kappa shape index (κ3) is 8.03. The van der Waals surface area contributed by atoms with E-state index in [-0.39, 0.29) is 29.0 Å². The second-order valence-electron chi connectivity index (χ2n) is 9.77. The number of nitrogens with zero attached hydrogens (tertiary/aromatic N) is 2. The SMILES string of the molecule is Cc1ccc(N(CC(=O)N(Cc2cccc(Cl)c2)[C@@H](C)C(=O)NCC(C)C)S(=O)(=O)c2ccc(F)cc2)cc1. The predicted octanol–water partition coefficient (Wildman–Crippen LogP) is 5.17. The Kier molecular flexibility index (Phi) is 10.1. The van der Waals surface area contributed by atoms with E-state index in [1.807, 2.05) is 20.8 Å². The maximum Gasteiger partial charge on any atom is 0.264 e. The number of carbonyl (C=O) groups is 2. The number of anilines is 1. The number of amides is 2. The molecule has 0 aromatic heterocycles. The van der Waals surface area contributed by atoms with Gasteiger partial charge in [-0.15, -0.1) is 0 Å². The molecule has 3 aromatic carbocycles. The van der Waals surface area contributed by atoms with Crippen LogP contribution in [0.4, 0.5) is 10.1 Å². The predicted molar refractivity (Wildman–Crippen MR) is 151 cm³/mol. The van der Waals surface area contributed by atoms with Gasteiger partial charge in [0, 0.05) is 18.1 Å². The van der Waals surface area contributed by atoms with Gasteiger partial charge in [0.25, 0.3) is 10.0 Å². The first kappa shape index (κ1) is 30.1. The topological polar surface area (TPSA) is 86.8 Å². The molecule has 0 unspecified atom stereocenters. The van der Waals surface area contributed by atoms with Crippen molar-refractivity contribution in [2.45, 2.75) is 45.2 Å². The summed E-state index contributed by atoms with van der Waals surface area (Å²) in [6.45, 7) is 7.26. The second-order valence-corrected chi connectivity index (χ2v) is 12.1. The number of benzene rings is 3. The van der Waals surface area contributed by atoms with E-state index in [9.17, 15) is 22.4 Å². The van der Waals surface area contributed by atoms with E-state index in [2.05, 4.69) is 5.32 Å². The van der Waals surface area contributed by atoms with E-state index in [4.69, 9.17) is 11.6 Å². The van der Waals surface area contributed by atoms with E-state index in [0.717, 1.165) is 34.1 Å². The zero-order valence-corrected chi connectivity index (χ0v) is 24.0. The van der Waals surface area contributed by atoms with Crippen molar-refractivity contribution in [2.75, 3.05) is 17.4 Å². The fraction of sp³-hybridized carbons (Fsp3) is 0.310. The summed E-state index contributed by atoms with van der Waals surface area (Å²) in [5.74, 6) is -1.33. The lowest BCUT2D eigenvalue weighted by atomic mass is 10.1. The lowest BCUT2D eigenvalue weighted by Gasteiger charge is -2.32. The van der Waals surface area contributed by atoms with Gasteiger partial charge in [0.1, 0.15) is 18.4 Å². The molecule has 3 aromatic rings. The molecule has 0 fully saturated rings. The zero-order valence-electron chi connectivity index (χ0n) is 22.4. The Bertz CT molecular complexity index is 1400. The van der Waals surface area contributed by atoms with Crippen LogP contribution in [0.1, 0.15) is 31.9 Å². The Hall–Kier alpha value is -3.43. The van der Waals surface area contributed by atoms with Gasteiger partial charge in [-0.05, 0) is 73.9 Å². The fourth-order valence-corrected chi connectivity index (χ4v) is 5.47. The van der Waals surface area contributed by atoms with Crippen LogP contribution in [0.15, 0.2) is 77.7 Å². The van der Waals surface area contributed by atoms with Gasteiger partial charge in [-0.3, -0.25) is 13.9 Å². The molecule has 2 amide bonds. The van der Waals surface area contributed by atoms with Gasteiger partial charge in [0.2, 0.25) is 11.8 Å². The van der Waals surface area contributed by atoms with Crippen LogP contribution in [0.5, 0.6) is 0 Å². The molecule has 0 saturated heterocycles. The fourth-order valence-electron chi connectivity index (χ4n) is 3.84. The highest BCUT2D eigenvalue weighted by molar-refractivity contribution is 7.92. The number of carbonyl (C=O) groups excluding carboxylic acids is 2. The number of hydrogen-bond acceptors (Lipinski definition) is 4. The summed E-state index contributed by atoms with van der Waals surface area (Å²) in [4.78, 5) is 28.0. The average molecular weight is 574 g/mol. The minimum atomic E-state index is -4.26. The zero-order chi connectivity index (χ0) is 28.7. The molecule has 39 heavy (non-hydrogen) atoms. The third-order valence-corrected chi connectivity index (χ3v) is 8.12. The summed E-state index contributed by atoms with van der Waals surface area (Å²) >= 11 is 6.15. The summed E-state index contributed by atoms with van der Waals surface area (Å²) in [6, 6.07) is 17.1. The summed E-state index contributed by atoms with van der Waals surface area (Å²) in [7, 11) is -4.26. The first-order valence-corrected chi connectivity index (χ1v) is 14.4. The van der Waals surface area contributed by atoms with Crippen LogP contribution in [0.25, 0.3) is 0 Å². The molecule has 1 atom stereocenters. The van der Waals surface area contributed by atoms with E-state index in [0.29, 0.717) is 17.1 Å². The summed E-state index contributed by atoms with van der Waals surface area (Å²) < 4.78 is 41.9. The van der Waals surface area contributed by atoms with Crippen molar-refractivity contribution in [3.8, 4) is 0 Å². The van der Waals surface area contributed by atoms with E-state index in [1.54, 1.807) is 55.5 Å². The minimum absolute atomic E-state index is 0.0357. The lowest BCUT2D eigenvalue weighted by molar-refractivity contribution is -0.139.